The Balaban J connectivity index is 1.47. The van der Waals surface area contributed by atoms with Crippen molar-refractivity contribution >= 4 is 0 Å². The van der Waals surface area contributed by atoms with Crippen molar-refractivity contribution in [1.82, 2.24) is 30.1 Å². The molecule has 23 heavy (non-hydrogen) atoms. The average Bonchev–Trinajstić information content (AvgIpc) is 3.22. The molecule has 0 saturated carbocycles. The van der Waals surface area contributed by atoms with Gasteiger partial charge in [-0.25, -0.2) is 9.07 Å². The highest BCUT2D eigenvalue weighted by atomic mass is 19.1. The Kier molecular flexibility index (Phi) is 4.09. The largest absolute Gasteiger partial charge is 0.381 e. The number of halogens is 1. The quantitative estimate of drug-likeness (QED) is 0.910. The van der Waals surface area contributed by atoms with Gasteiger partial charge < -0.3 is 10.1 Å². The van der Waals surface area contributed by atoms with Gasteiger partial charge in [0.2, 0.25) is 0 Å². The van der Waals surface area contributed by atoms with Crippen molar-refractivity contribution in [2.75, 3.05) is 19.8 Å². The number of ether oxygens (including phenoxy) is 1. The lowest BCUT2D eigenvalue weighted by molar-refractivity contribution is 0.0318. The molecule has 4 heterocycles. The van der Waals surface area contributed by atoms with Crippen LogP contribution in [0.1, 0.15) is 18.5 Å². The van der Waals surface area contributed by atoms with Gasteiger partial charge in [-0.15, -0.1) is 5.10 Å². The van der Waals surface area contributed by atoms with Crippen LogP contribution >= 0.6 is 0 Å². The molecule has 124 valence electrons. The summed E-state index contributed by atoms with van der Waals surface area (Å²) < 4.78 is 23.3. The molecule has 0 aromatic carbocycles. The smallest absolute Gasteiger partial charge is 0.123 e. The molecule has 4 rings (SSSR count). The van der Waals surface area contributed by atoms with Crippen molar-refractivity contribution < 1.29 is 9.13 Å². The number of nitrogens with zero attached hydrogens (tertiary/aromatic N) is 5. The van der Waals surface area contributed by atoms with Crippen LogP contribution in [-0.2, 0) is 24.4 Å². The van der Waals surface area contributed by atoms with Crippen molar-refractivity contribution in [3.8, 4) is 11.3 Å². The maximum atomic E-state index is 14.4. The minimum absolute atomic E-state index is 0.0597. The van der Waals surface area contributed by atoms with Crippen molar-refractivity contribution in [2.24, 2.45) is 5.92 Å². The molecule has 8 heteroatoms. The van der Waals surface area contributed by atoms with E-state index in [9.17, 15) is 4.39 Å². The van der Waals surface area contributed by atoms with E-state index in [1.165, 1.54) is 0 Å². The molecule has 0 radical (unpaired) electrons. The summed E-state index contributed by atoms with van der Waals surface area (Å²) in [6, 6.07) is 0. The highest BCUT2D eigenvalue weighted by Crippen LogP contribution is 2.25. The molecule has 1 saturated heterocycles. The second-order valence-electron chi connectivity index (χ2n) is 6.20. The molecular formula is C15H21FN6O. The molecule has 1 fully saturated rings. The fourth-order valence-corrected chi connectivity index (χ4v) is 3.31. The van der Waals surface area contributed by atoms with Crippen LogP contribution in [0.3, 0.4) is 0 Å². The monoisotopic (exact) mass is 320 g/mol. The Labute approximate surface area is 133 Å². The molecule has 1 atom stereocenters. The third-order valence-corrected chi connectivity index (χ3v) is 4.70. The van der Waals surface area contributed by atoms with Crippen molar-refractivity contribution in [2.45, 2.75) is 38.6 Å². The number of rotatable bonds is 4. The van der Waals surface area contributed by atoms with Gasteiger partial charge in [-0.05, 0) is 18.8 Å². The third-order valence-electron chi connectivity index (χ3n) is 4.70. The van der Waals surface area contributed by atoms with Gasteiger partial charge in [-0.1, -0.05) is 5.21 Å². The normalized spacial score (nSPS) is 20.4. The van der Waals surface area contributed by atoms with E-state index >= 15 is 0 Å². The average molecular weight is 320 g/mol. The summed E-state index contributed by atoms with van der Waals surface area (Å²) in [6.45, 7) is 4.12. The molecule has 2 aromatic rings. The minimum atomic E-state index is -0.906. The first-order valence-corrected chi connectivity index (χ1v) is 8.19. The fourth-order valence-electron chi connectivity index (χ4n) is 3.31. The first-order valence-electron chi connectivity index (χ1n) is 8.19. The summed E-state index contributed by atoms with van der Waals surface area (Å²) in [5, 5.41) is 16.0. The van der Waals surface area contributed by atoms with Gasteiger partial charge in [0.05, 0.1) is 31.2 Å². The summed E-state index contributed by atoms with van der Waals surface area (Å²) in [7, 11) is 0. The number of aromatic nitrogens is 5. The summed E-state index contributed by atoms with van der Waals surface area (Å²) >= 11 is 0. The Morgan fingerprint density at radius 2 is 2.26 bits per heavy atom. The zero-order chi connectivity index (χ0) is 15.6. The van der Waals surface area contributed by atoms with Gasteiger partial charge in [0, 0.05) is 31.9 Å². The molecule has 2 aliphatic heterocycles. The predicted molar refractivity (Wildman–Crippen MR) is 81.4 cm³/mol. The topological polar surface area (TPSA) is 69.8 Å². The fraction of sp³-hybridized carbons (Fsp3) is 0.667. The van der Waals surface area contributed by atoms with Crippen molar-refractivity contribution in [3.63, 3.8) is 0 Å². The van der Waals surface area contributed by atoms with Gasteiger partial charge in [0.15, 0.2) is 0 Å². The Hall–Kier alpha value is -1.80. The first-order chi connectivity index (χ1) is 11.3. The Morgan fingerprint density at radius 3 is 3.13 bits per heavy atom. The van der Waals surface area contributed by atoms with E-state index < -0.39 is 6.17 Å². The second kappa shape index (κ2) is 6.37. The molecule has 0 spiro atoms. The van der Waals surface area contributed by atoms with Gasteiger partial charge in [-0.2, -0.15) is 5.10 Å². The highest BCUT2D eigenvalue weighted by molar-refractivity contribution is 5.60. The predicted octanol–water partition coefficient (Wildman–Crippen LogP) is 1.01. The van der Waals surface area contributed by atoms with Gasteiger partial charge in [-0.3, -0.25) is 4.68 Å². The number of alkyl halides is 1. The molecule has 0 bridgehead atoms. The minimum Gasteiger partial charge on any atom is -0.381 e. The van der Waals surface area contributed by atoms with E-state index in [2.05, 4.69) is 20.7 Å². The standard InChI is InChI=1S/C15H21FN6O/c16-13(11-1-5-23-6-2-11)9-21-10-14(19-20-21)12-7-18-22-4-3-17-8-15(12)22/h7,10-11,13,17H,1-6,8-9H2. The number of hydrogen-bond acceptors (Lipinski definition) is 5. The van der Waals surface area contributed by atoms with E-state index in [1.54, 1.807) is 4.68 Å². The molecule has 7 nitrogen and oxygen atoms in total. The van der Waals surface area contributed by atoms with Crippen LogP contribution in [0, 0.1) is 5.92 Å². The highest BCUT2D eigenvalue weighted by Gasteiger charge is 2.25. The van der Waals surface area contributed by atoms with Gasteiger partial charge >= 0.3 is 0 Å². The summed E-state index contributed by atoms with van der Waals surface area (Å²) in [4.78, 5) is 0. The molecule has 0 amide bonds. The Bertz CT molecular complexity index is 663. The number of fused-ring (bicyclic) bond motifs is 1. The SMILES string of the molecule is FC(Cn1cc(-c2cnn3c2CNCC3)nn1)C1CCOCC1. The van der Waals surface area contributed by atoms with E-state index in [0.717, 1.165) is 49.4 Å². The second-order valence-corrected chi connectivity index (χ2v) is 6.20. The van der Waals surface area contributed by atoms with Crippen LogP contribution in [0.25, 0.3) is 11.3 Å². The summed E-state index contributed by atoms with van der Waals surface area (Å²) in [5.41, 5.74) is 2.85. The molecule has 1 N–H and O–H groups in total. The molecule has 1 unspecified atom stereocenters. The maximum absolute atomic E-state index is 14.4. The van der Waals surface area contributed by atoms with Crippen LogP contribution in [0.4, 0.5) is 4.39 Å². The van der Waals surface area contributed by atoms with E-state index in [-0.39, 0.29) is 12.5 Å². The van der Waals surface area contributed by atoms with Crippen LogP contribution in [0.15, 0.2) is 12.4 Å². The molecule has 0 aliphatic carbocycles. The molecular weight excluding hydrogens is 299 g/mol. The number of hydrogen-bond donors (Lipinski definition) is 1. The van der Waals surface area contributed by atoms with Gasteiger partial charge in [0.1, 0.15) is 11.9 Å². The maximum Gasteiger partial charge on any atom is 0.123 e. The van der Waals surface area contributed by atoms with Crippen LogP contribution in [-0.4, -0.2) is 50.7 Å². The molecule has 2 aliphatic rings. The zero-order valence-corrected chi connectivity index (χ0v) is 13.0. The van der Waals surface area contributed by atoms with Crippen LogP contribution in [0.2, 0.25) is 0 Å². The summed E-state index contributed by atoms with van der Waals surface area (Å²) in [6.07, 6.45) is 4.30. The Morgan fingerprint density at radius 1 is 1.39 bits per heavy atom. The first kappa shape index (κ1) is 14.8. The van der Waals surface area contributed by atoms with Crippen molar-refractivity contribution in [1.29, 1.82) is 0 Å². The van der Waals surface area contributed by atoms with Crippen LogP contribution in [0.5, 0.6) is 0 Å². The van der Waals surface area contributed by atoms with E-state index in [0.29, 0.717) is 13.2 Å². The third kappa shape index (κ3) is 3.00. The van der Waals surface area contributed by atoms with Gasteiger partial charge in [0.25, 0.3) is 0 Å². The zero-order valence-electron chi connectivity index (χ0n) is 13.0. The number of nitrogens with one attached hydrogen (secondary N) is 1. The van der Waals surface area contributed by atoms with Crippen molar-refractivity contribution in [3.05, 3.63) is 18.1 Å². The van der Waals surface area contributed by atoms with E-state index in [1.807, 2.05) is 17.1 Å². The summed E-state index contributed by atoms with van der Waals surface area (Å²) in [5.74, 6) is 0.0597. The van der Waals surface area contributed by atoms with Crippen LogP contribution < -0.4 is 5.32 Å². The lowest BCUT2D eigenvalue weighted by atomic mass is 9.95. The lowest BCUT2D eigenvalue weighted by Crippen LogP contribution is -2.28. The molecule has 2 aromatic heterocycles. The lowest BCUT2D eigenvalue weighted by Gasteiger charge is -2.24. The van der Waals surface area contributed by atoms with E-state index in [4.69, 9.17) is 4.74 Å².